The van der Waals surface area contributed by atoms with E-state index >= 15 is 0 Å². The Balaban J connectivity index is 2.06. The van der Waals surface area contributed by atoms with Crippen molar-refractivity contribution < 1.29 is 14.3 Å². The van der Waals surface area contributed by atoms with E-state index in [2.05, 4.69) is 11.4 Å². The molecule has 2 aromatic carbocycles. The van der Waals surface area contributed by atoms with Crippen molar-refractivity contribution in [2.75, 3.05) is 7.11 Å². The number of amides is 1. The molecule has 24 heavy (non-hydrogen) atoms. The van der Waals surface area contributed by atoms with Crippen molar-refractivity contribution in [3.8, 4) is 6.07 Å². The molecule has 122 valence electrons. The molecule has 0 aliphatic carbocycles. The lowest BCUT2D eigenvalue weighted by Crippen LogP contribution is -2.43. The zero-order chi connectivity index (χ0) is 17.4. The summed E-state index contributed by atoms with van der Waals surface area (Å²) >= 11 is 0. The number of benzene rings is 2. The summed E-state index contributed by atoms with van der Waals surface area (Å²) < 4.78 is 4.77. The summed E-state index contributed by atoms with van der Waals surface area (Å²) in [4.78, 5) is 24.1. The van der Waals surface area contributed by atoms with Crippen LogP contribution in [0.3, 0.4) is 0 Å². The number of esters is 1. The molecule has 0 bridgehead atoms. The highest BCUT2D eigenvalue weighted by atomic mass is 16.5. The lowest BCUT2D eigenvalue weighted by atomic mass is 10.0. The van der Waals surface area contributed by atoms with Gasteiger partial charge in [-0.1, -0.05) is 42.5 Å². The van der Waals surface area contributed by atoms with Gasteiger partial charge in [-0.2, -0.15) is 5.26 Å². The molecule has 1 atom stereocenters. The van der Waals surface area contributed by atoms with Crippen LogP contribution in [0.25, 0.3) is 0 Å². The summed E-state index contributed by atoms with van der Waals surface area (Å²) in [5.41, 5.74) is 2.15. The Hall–Kier alpha value is -3.13. The molecule has 0 fully saturated rings. The van der Waals surface area contributed by atoms with Crippen LogP contribution in [0.15, 0.2) is 54.6 Å². The fraction of sp³-hybridized carbons (Fsp3) is 0.211. The first kappa shape index (κ1) is 17.2. The van der Waals surface area contributed by atoms with E-state index in [9.17, 15) is 9.59 Å². The second-order valence-electron chi connectivity index (χ2n) is 5.32. The summed E-state index contributed by atoms with van der Waals surface area (Å²) in [6, 6.07) is 17.5. The van der Waals surface area contributed by atoms with Crippen molar-refractivity contribution >= 4 is 11.9 Å². The van der Waals surface area contributed by atoms with Gasteiger partial charge in [0.05, 0.1) is 25.2 Å². The summed E-state index contributed by atoms with van der Waals surface area (Å²) in [6.45, 7) is 0. The maximum absolute atomic E-state index is 12.2. The highest BCUT2D eigenvalue weighted by Gasteiger charge is 2.22. The van der Waals surface area contributed by atoms with Gasteiger partial charge in [-0.25, -0.2) is 4.79 Å². The molecule has 1 N–H and O–H groups in total. The van der Waals surface area contributed by atoms with Crippen molar-refractivity contribution in [3.05, 3.63) is 71.3 Å². The van der Waals surface area contributed by atoms with Crippen molar-refractivity contribution in [1.82, 2.24) is 5.32 Å². The van der Waals surface area contributed by atoms with Gasteiger partial charge in [0, 0.05) is 6.42 Å². The Kier molecular flexibility index (Phi) is 6.09. The SMILES string of the molecule is COC(=O)[C@@H](Cc1cccc(C#N)c1)NC(=O)Cc1ccccc1. The molecule has 0 heterocycles. The second-order valence-corrected chi connectivity index (χ2v) is 5.32. The Labute approximate surface area is 140 Å². The fourth-order valence-corrected chi connectivity index (χ4v) is 2.37. The number of hydrogen-bond acceptors (Lipinski definition) is 4. The number of nitrogens with zero attached hydrogens (tertiary/aromatic N) is 1. The summed E-state index contributed by atoms with van der Waals surface area (Å²) in [5.74, 6) is -0.771. The van der Waals surface area contributed by atoms with Crippen LogP contribution >= 0.6 is 0 Å². The third-order valence-corrected chi connectivity index (χ3v) is 3.52. The number of nitriles is 1. The summed E-state index contributed by atoms with van der Waals surface area (Å²) in [6.07, 6.45) is 0.454. The van der Waals surface area contributed by atoms with Crippen LogP contribution in [0.4, 0.5) is 0 Å². The molecule has 0 saturated heterocycles. The van der Waals surface area contributed by atoms with Gasteiger partial charge in [-0.15, -0.1) is 0 Å². The van der Waals surface area contributed by atoms with Crippen molar-refractivity contribution in [2.45, 2.75) is 18.9 Å². The van der Waals surface area contributed by atoms with E-state index < -0.39 is 12.0 Å². The summed E-state index contributed by atoms with van der Waals surface area (Å²) in [7, 11) is 1.28. The Morgan fingerprint density at radius 3 is 2.50 bits per heavy atom. The number of methoxy groups -OCH3 is 1. The highest BCUT2D eigenvalue weighted by Crippen LogP contribution is 2.09. The second kappa shape index (κ2) is 8.49. The van der Waals surface area contributed by atoms with E-state index in [0.717, 1.165) is 11.1 Å². The molecule has 0 aromatic heterocycles. The van der Waals surface area contributed by atoms with Gasteiger partial charge in [-0.05, 0) is 23.3 Å². The van der Waals surface area contributed by atoms with Crippen LogP contribution in [0.5, 0.6) is 0 Å². The first-order valence-electron chi connectivity index (χ1n) is 7.52. The molecule has 1 amide bonds. The average Bonchev–Trinajstić information content (AvgIpc) is 2.61. The smallest absolute Gasteiger partial charge is 0.328 e. The molecule has 0 unspecified atom stereocenters. The molecule has 0 radical (unpaired) electrons. The number of ether oxygens (including phenoxy) is 1. The van der Waals surface area contributed by atoms with E-state index in [-0.39, 0.29) is 18.7 Å². The third kappa shape index (κ3) is 4.96. The molecule has 0 aliphatic rings. The minimum absolute atomic E-state index is 0.187. The maximum Gasteiger partial charge on any atom is 0.328 e. The molecule has 5 heteroatoms. The number of hydrogen-bond donors (Lipinski definition) is 1. The lowest BCUT2D eigenvalue weighted by Gasteiger charge is -2.17. The van der Waals surface area contributed by atoms with Crippen LogP contribution in [-0.2, 0) is 27.2 Å². The molecular weight excluding hydrogens is 304 g/mol. The monoisotopic (exact) mass is 322 g/mol. The number of carbonyl (C=O) groups is 2. The zero-order valence-corrected chi connectivity index (χ0v) is 13.4. The van der Waals surface area contributed by atoms with Crippen molar-refractivity contribution in [2.24, 2.45) is 0 Å². The molecule has 0 spiro atoms. The minimum atomic E-state index is -0.792. The predicted octanol–water partition coefficient (Wildman–Crippen LogP) is 2.00. The normalized spacial score (nSPS) is 11.2. The van der Waals surface area contributed by atoms with Gasteiger partial charge in [0.25, 0.3) is 0 Å². The van der Waals surface area contributed by atoms with Crippen LogP contribution in [0.1, 0.15) is 16.7 Å². The summed E-state index contributed by atoms with van der Waals surface area (Å²) in [5, 5.41) is 11.7. The number of nitrogens with one attached hydrogen (secondary N) is 1. The topological polar surface area (TPSA) is 79.2 Å². The van der Waals surface area contributed by atoms with Gasteiger partial charge >= 0.3 is 5.97 Å². The zero-order valence-electron chi connectivity index (χ0n) is 13.4. The first-order valence-corrected chi connectivity index (χ1v) is 7.52. The highest BCUT2D eigenvalue weighted by molar-refractivity contribution is 5.85. The first-order chi connectivity index (χ1) is 11.6. The van der Waals surface area contributed by atoms with Gasteiger partial charge in [-0.3, -0.25) is 4.79 Å². The molecule has 2 rings (SSSR count). The van der Waals surface area contributed by atoms with Crippen LogP contribution in [0.2, 0.25) is 0 Å². The fourth-order valence-electron chi connectivity index (χ4n) is 2.37. The van der Waals surface area contributed by atoms with Crippen LogP contribution in [0, 0.1) is 11.3 Å². The molecule has 0 saturated carbocycles. The van der Waals surface area contributed by atoms with Gasteiger partial charge < -0.3 is 10.1 Å². The van der Waals surface area contributed by atoms with E-state index in [1.54, 1.807) is 24.3 Å². The number of carbonyl (C=O) groups excluding carboxylic acids is 2. The average molecular weight is 322 g/mol. The van der Waals surface area contributed by atoms with Gasteiger partial charge in [0.2, 0.25) is 5.91 Å². The Morgan fingerprint density at radius 1 is 1.12 bits per heavy atom. The Bertz CT molecular complexity index is 751. The lowest BCUT2D eigenvalue weighted by molar-refractivity contribution is -0.145. The van der Waals surface area contributed by atoms with Crippen LogP contribution in [-0.4, -0.2) is 25.0 Å². The Morgan fingerprint density at radius 2 is 1.83 bits per heavy atom. The quantitative estimate of drug-likeness (QED) is 0.825. The predicted molar refractivity (Wildman–Crippen MR) is 89.0 cm³/mol. The van der Waals surface area contributed by atoms with Gasteiger partial charge in [0.1, 0.15) is 6.04 Å². The standard InChI is InChI=1S/C19H18N2O3/c1-24-19(23)17(11-15-8-5-9-16(10-15)13-20)21-18(22)12-14-6-3-2-4-7-14/h2-10,17H,11-12H2,1H3,(H,21,22)/t17-/m1/s1. The largest absolute Gasteiger partial charge is 0.467 e. The van der Waals surface area contributed by atoms with E-state index in [4.69, 9.17) is 10.00 Å². The molecule has 5 nitrogen and oxygen atoms in total. The van der Waals surface area contributed by atoms with E-state index in [0.29, 0.717) is 5.56 Å². The van der Waals surface area contributed by atoms with E-state index in [1.165, 1.54) is 7.11 Å². The molecule has 2 aromatic rings. The molecule has 0 aliphatic heterocycles. The van der Waals surface area contributed by atoms with Crippen molar-refractivity contribution in [1.29, 1.82) is 5.26 Å². The molecular formula is C19H18N2O3. The number of rotatable bonds is 6. The van der Waals surface area contributed by atoms with Crippen LogP contribution < -0.4 is 5.32 Å². The van der Waals surface area contributed by atoms with E-state index in [1.807, 2.05) is 30.3 Å². The minimum Gasteiger partial charge on any atom is -0.467 e. The third-order valence-electron chi connectivity index (χ3n) is 3.52. The van der Waals surface area contributed by atoms with Crippen molar-refractivity contribution in [3.63, 3.8) is 0 Å². The van der Waals surface area contributed by atoms with Gasteiger partial charge in [0.15, 0.2) is 0 Å². The maximum atomic E-state index is 12.2.